The monoisotopic (exact) mass is 313 g/mol. The largest absolute Gasteiger partial charge is 0.550 e. The van der Waals surface area contributed by atoms with E-state index in [1.165, 1.54) is 0 Å². The first kappa shape index (κ1) is 21.1. The normalized spacial score (nSPS) is 13.0. The van der Waals surface area contributed by atoms with E-state index in [0.29, 0.717) is 6.42 Å². The molecule has 0 saturated heterocycles. The molecule has 1 N–H and O–H groups in total. The SMILES string of the molecule is C=CCCCCC(O)C[N+](CCC)(CCC)CCCC(=O)[O-]. The summed E-state index contributed by atoms with van der Waals surface area (Å²) in [5, 5.41) is 21.0. The van der Waals surface area contributed by atoms with Gasteiger partial charge in [-0.25, -0.2) is 0 Å². The maximum atomic E-state index is 10.7. The number of nitrogens with zero attached hydrogens (tertiary/aromatic N) is 1. The fraction of sp³-hybridized carbons (Fsp3) is 0.833. The molecule has 0 saturated carbocycles. The van der Waals surface area contributed by atoms with Gasteiger partial charge in [0.05, 0.1) is 19.6 Å². The number of hydrogen-bond acceptors (Lipinski definition) is 3. The lowest BCUT2D eigenvalue weighted by Crippen LogP contribution is -2.54. The van der Waals surface area contributed by atoms with Gasteiger partial charge < -0.3 is 19.5 Å². The lowest BCUT2D eigenvalue weighted by Gasteiger charge is -2.40. The first-order valence-corrected chi connectivity index (χ1v) is 8.83. The highest BCUT2D eigenvalue weighted by atomic mass is 16.4. The Balaban J connectivity index is 4.52. The minimum absolute atomic E-state index is 0.114. The Labute approximate surface area is 136 Å². The molecular formula is C18H35NO3. The van der Waals surface area contributed by atoms with Crippen LogP contribution in [0, 0.1) is 0 Å². The Bertz CT molecular complexity index is 299. The second-order valence-electron chi connectivity index (χ2n) is 6.40. The third-order valence-electron chi connectivity index (χ3n) is 4.20. The highest BCUT2D eigenvalue weighted by molar-refractivity contribution is 5.64. The molecule has 0 heterocycles. The third-order valence-corrected chi connectivity index (χ3v) is 4.20. The second kappa shape index (κ2) is 12.7. The number of unbranched alkanes of at least 4 members (excludes halogenated alkanes) is 2. The molecule has 130 valence electrons. The zero-order valence-electron chi connectivity index (χ0n) is 14.6. The summed E-state index contributed by atoms with van der Waals surface area (Å²) >= 11 is 0. The van der Waals surface area contributed by atoms with E-state index in [1.54, 1.807) is 0 Å². The van der Waals surface area contributed by atoms with E-state index in [0.717, 1.165) is 69.2 Å². The lowest BCUT2D eigenvalue weighted by molar-refractivity contribution is -0.931. The molecule has 0 bridgehead atoms. The van der Waals surface area contributed by atoms with Crippen LogP contribution < -0.4 is 5.11 Å². The van der Waals surface area contributed by atoms with Crippen LogP contribution in [0.3, 0.4) is 0 Å². The highest BCUT2D eigenvalue weighted by Crippen LogP contribution is 2.16. The Hall–Kier alpha value is -0.870. The van der Waals surface area contributed by atoms with Crippen LogP contribution in [0.25, 0.3) is 0 Å². The van der Waals surface area contributed by atoms with Crippen molar-refractivity contribution in [2.45, 2.75) is 71.3 Å². The maximum absolute atomic E-state index is 10.7. The van der Waals surface area contributed by atoms with Gasteiger partial charge in [-0.1, -0.05) is 26.3 Å². The molecule has 0 fully saturated rings. The van der Waals surface area contributed by atoms with E-state index in [9.17, 15) is 15.0 Å². The zero-order valence-corrected chi connectivity index (χ0v) is 14.6. The van der Waals surface area contributed by atoms with E-state index < -0.39 is 5.97 Å². The van der Waals surface area contributed by atoms with Crippen molar-refractivity contribution in [2.24, 2.45) is 0 Å². The van der Waals surface area contributed by atoms with E-state index in [2.05, 4.69) is 20.4 Å². The first-order chi connectivity index (χ1) is 10.5. The van der Waals surface area contributed by atoms with Crippen LogP contribution in [0.2, 0.25) is 0 Å². The van der Waals surface area contributed by atoms with Crippen molar-refractivity contribution in [3.63, 3.8) is 0 Å². The summed E-state index contributed by atoms with van der Waals surface area (Å²) in [4.78, 5) is 10.7. The summed E-state index contributed by atoms with van der Waals surface area (Å²) in [6.45, 7) is 11.6. The number of aliphatic hydroxyl groups is 1. The fourth-order valence-electron chi connectivity index (χ4n) is 3.32. The summed E-state index contributed by atoms with van der Waals surface area (Å²) in [6.07, 6.45) is 8.38. The van der Waals surface area contributed by atoms with Crippen LogP contribution in [0.1, 0.15) is 65.2 Å². The lowest BCUT2D eigenvalue weighted by atomic mass is 10.1. The Morgan fingerprint density at radius 3 is 2.32 bits per heavy atom. The van der Waals surface area contributed by atoms with E-state index in [-0.39, 0.29) is 12.5 Å². The van der Waals surface area contributed by atoms with Gasteiger partial charge in [0.15, 0.2) is 0 Å². The average Bonchev–Trinajstić information content (AvgIpc) is 2.44. The molecule has 4 heteroatoms. The van der Waals surface area contributed by atoms with Crippen LogP contribution in [0.15, 0.2) is 12.7 Å². The first-order valence-electron chi connectivity index (χ1n) is 8.83. The van der Waals surface area contributed by atoms with Crippen molar-refractivity contribution in [3.05, 3.63) is 12.7 Å². The minimum atomic E-state index is -0.976. The van der Waals surface area contributed by atoms with Crippen molar-refractivity contribution in [1.29, 1.82) is 0 Å². The second-order valence-corrected chi connectivity index (χ2v) is 6.40. The number of rotatable bonds is 15. The highest BCUT2D eigenvalue weighted by Gasteiger charge is 2.28. The molecule has 0 aliphatic carbocycles. The van der Waals surface area contributed by atoms with Crippen LogP contribution in [0.4, 0.5) is 0 Å². The van der Waals surface area contributed by atoms with Crippen molar-refractivity contribution in [1.82, 2.24) is 0 Å². The summed E-state index contributed by atoms with van der Waals surface area (Å²) in [5.74, 6) is -0.976. The maximum Gasteiger partial charge on any atom is 0.105 e. The summed E-state index contributed by atoms with van der Waals surface area (Å²) in [6, 6.07) is 0. The van der Waals surface area contributed by atoms with E-state index in [4.69, 9.17) is 0 Å². The van der Waals surface area contributed by atoms with Crippen molar-refractivity contribution < 1.29 is 19.5 Å². The number of carbonyl (C=O) groups excluding carboxylic acids is 1. The van der Waals surface area contributed by atoms with Gasteiger partial charge in [-0.05, 0) is 38.5 Å². The van der Waals surface area contributed by atoms with Gasteiger partial charge in [-0.2, -0.15) is 0 Å². The van der Waals surface area contributed by atoms with Crippen molar-refractivity contribution in [2.75, 3.05) is 26.2 Å². The van der Waals surface area contributed by atoms with Gasteiger partial charge in [0, 0.05) is 12.4 Å². The van der Waals surface area contributed by atoms with E-state index >= 15 is 0 Å². The van der Waals surface area contributed by atoms with Crippen LogP contribution >= 0.6 is 0 Å². The van der Waals surface area contributed by atoms with Crippen molar-refractivity contribution in [3.8, 4) is 0 Å². The number of quaternary nitrogens is 1. The molecule has 0 spiro atoms. The topological polar surface area (TPSA) is 60.4 Å². The predicted octanol–water partition coefficient (Wildman–Crippen LogP) is 2.26. The molecule has 22 heavy (non-hydrogen) atoms. The average molecular weight is 313 g/mol. The fourth-order valence-corrected chi connectivity index (χ4v) is 3.32. The summed E-state index contributed by atoms with van der Waals surface area (Å²) in [7, 11) is 0. The van der Waals surface area contributed by atoms with Crippen LogP contribution in [-0.4, -0.2) is 47.8 Å². The molecule has 0 amide bonds. The molecule has 0 aromatic heterocycles. The Morgan fingerprint density at radius 2 is 1.82 bits per heavy atom. The molecule has 0 aromatic carbocycles. The zero-order chi connectivity index (χ0) is 16.8. The van der Waals surface area contributed by atoms with E-state index in [1.807, 2.05) is 6.08 Å². The molecular weight excluding hydrogens is 278 g/mol. The Morgan fingerprint density at radius 1 is 1.18 bits per heavy atom. The summed E-state index contributed by atoms with van der Waals surface area (Å²) in [5.41, 5.74) is 0. The smallest absolute Gasteiger partial charge is 0.105 e. The molecule has 4 nitrogen and oxygen atoms in total. The molecule has 0 aromatic rings. The molecule has 1 atom stereocenters. The Kier molecular flexibility index (Phi) is 12.2. The van der Waals surface area contributed by atoms with Gasteiger partial charge in [0.25, 0.3) is 0 Å². The van der Waals surface area contributed by atoms with Gasteiger partial charge in [-0.15, -0.1) is 6.58 Å². The number of carboxylic acid groups (broad SMARTS) is 1. The number of aliphatic hydroxyl groups excluding tert-OH is 1. The van der Waals surface area contributed by atoms with Crippen LogP contribution in [0.5, 0.6) is 0 Å². The standard InChI is InChI=1S/C18H35NO3/c1-4-7-8-9-11-17(20)16-19(13-5-2,14-6-3)15-10-12-18(21)22/h4,17,20H,1,5-16H2,2-3H3. The molecule has 0 rings (SSSR count). The van der Waals surface area contributed by atoms with Gasteiger partial charge >= 0.3 is 0 Å². The number of carboxylic acids is 1. The van der Waals surface area contributed by atoms with Gasteiger partial charge in [-0.3, -0.25) is 0 Å². The molecule has 0 radical (unpaired) electrons. The van der Waals surface area contributed by atoms with Crippen molar-refractivity contribution >= 4 is 5.97 Å². The number of allylic oxidation sites excluding steroid dienone is 1. The van der Waals surface area contributed by atoms with Gasteiger partial charge in [0.1, 0.15) is 12.6 Å². The molecule has 1 unspecified atom stereocenters. The number of carbonyl (C=O) groups is 1. The summed E-state index contributed by atoms with van der Waals surface area (Å²) < 4.78 is 0.836. The molecule has 0 aliphatic heterocycles. The quantitative estimate of drug-likeness (QED) is 0.287. The third kappa shape index (κ3) is 9.96. The predicted molar refractivity (Wildman–Crippen MR) is 89.2 cm³/mol. The number of hydrogen-bond donors (Lipinski definition) is 1. The minimum Gasteiger partial charge on any atom is -0.550 e. The van der Waals surface area contributed by atoms with Crippen LogP contribution in [-0.2, 0) is 4.79 Å². The van der Waals surface area contributed by atoms with Gasteiger partial charge in [0.2, 0.25) is 0 Å². The number of aliphatic carboxylic acids is 1. The molecule has 0 aliphatic rings.